The maximum Gasteiger partial charge on any atom is 0.335 e. The molecule has 0 heterocycles. The second kappa shape index (κ2) is 3.76. The third-order valence-electron chi connectivity index (χ3n) is 1.76. The summed E-state index contributed by atoms with van der Waals surface area (Å²) in [6.45, 7) is 3.58. The molecule has 13 heavy (non-hydrogen) atoms. The van der Waals surface area contributed by atoms with E-state index in [1.165, 1.54) is 12.1 Å². The molecule has 0 unspecified atom stereocenters. The molecular formula is C10H11NO2. The highest BCUT2D eigenvalue weighted by Crippen LogP contribution is 2.15. The zero-order valence-electron chi connectivity index (χ0n) is 7.16. The Morgan fingerprint density at radius 2 is 2.31 bits per heavy atom. The highest BCUT2D eigenvalue weighted by molar-refractivity contribution is 5.88. The molecule has 1 aromatic rings. The molecule has 0 aliphatic heterocycles. The fraction of sp³-hybridized carbons (Fsp3) is 0.100. The Balaban J connectivity index is 3.04. The monoisotopic (exact) mass is 177 g/mol. The first-order valence-corrected chi connectivity index (χ1v) is 3.87. The molecule has 3 heteroatoms. The topological polar surface area (TPSA) is 63.3 Å². The van der Waals surface area contributed by atoms with E-state index in [0.29, 0.717) is 12.1 Å². The Bertz CT molecular complexity index is 345. The van der Waals surface area contributed by atoms with E-state index < -0.39 is 5.97 Å². The van der Waals surface area contributed by atoms with Crippen LogP contribution >= 0.6 is 0 Å². The predicted octanol–water partition coefficient (Wildman–Crippen LogP) is 1.70. The summed E-state index contributed by atoms with van der Waals surface area (Å²) in [6.07, 6.45) is 2.39. The molecule has 0 saturated carbocycles. The van der Waals surface area contributed by atoms with Crippen molar-refractivity contribution in [3.63, 3.8) is 0 Å². The number of allylic oxidation sites excluding steroid dienone is 1. The predicted molar refractivity (Wildman–Crippen MR) is 51.7 cm³/mol. The van der Waals surface area contributed by atoms with Crippen molar-refractivity contribution in [2.75, 3.05) is 5.73 Å². The molecule has 0 amide bonds. The molecule has 0 spiro atoms. The van der Waals surface area contributed by atoms with Crippen LogP contribution in [0.1, 0.15) is 15.9 Å². The van der Waals surface area contributed by atoms with Crippen LogP contribution in [-0.2, 0) is 6.42 Å². The maximum absolute atomic E-state index is 10.5. The minimum atomic E-state index is -0.961. The first-order valence-electron chi connectivity index (χ1n) is 3.87. The van der Waals surface area contributed by atoms with Gasteiger partial charge in [-0.3, -0.25) is 0 Å². The fourth-order valence-electron chi connectivity index (χ4n) is 1.07. The van der Waals surface area contributed by atoms with Gasteiger partial charge in [0.05, 0.1) is 5.56 Å². The van der Waals surface area contributed by atoms with E-state index in [2.05, 4.69) is 6.58 Å². The number of hydrogen-bond acceptors (Lipinski definition) is 2. The van der Waals surface area contributed by atoms with Gasteiger partial charge in [-0.1, -0.05) is 12.1 Å². The van der Waals surface area contributed by atoms with E-state index in [-0.39, 0.29) is 5.56 Å². The molecule has 68 valence electrons. The van der Waals surface area contributed by atoms with E-state index in [1.807, 2.05) is 0 Å². The Labute approximate surface area is 76.5 Å². The summed E-state index contributed by atoms with van der Waals surface area (Å²) in [5.41, 5.74) is 7.25. The molecule has 3 N–H and O–H groups in total. The van der Waals surface area contributed by atoms with Crippen LogP contribution in [0.15, 0.2) is 30.9 Å². The van der Waals surface area contributed by atoms with Crippen molar-refractivity contribution in [1.29, 1.82) is 0 Å². The van der Waals surface area contributed by atoms with Gasteiger partial charge in [-0.15, -0.1) is 6.58 Å². The zero-order chi connectivity index (χ0) is 9.84. The standard InChI is InChI=1S/C10H11NO2/c1-2-3-7-4-5-8(10(12)13)6-9(7)11/h2,4-6H,1,3,11H2,(H,12,13). The Hall–Kier alpha value is -1.77. The van der Waals surface area contributed by atoms with Gasteiger partial charge in [-0.05, 0) is 24.1 Å². The lowest BCUT2D eigenvalue weighted by atomic mass is 10.1. The Kier molecular flexibility index (Phi) is 2.69. The van der Waals surface area contributed by atoms with Crippen molar-refractivity contribution in [3.05, 3.63) is 42.0 Å². The smallest absolute Gasteiger partial charge is 0.335 e. The second-order valence-electron chi connectivity index (χ2n) is 2.71. The summed E-state index contributed by atoms with van der Waals surface area (Å²) in [6, 6.07) is 4.71. The van der Waals surface area contributed by atoms with Crippen molar-refractivity contribution in [2.24, 2.45) is 0 Å². The number of anilines is 1. The maximum atomic E-state index is 10.5. The number of rotatable bonds is 3. The summed E-state index contributed by atoms with van der Waals surface area (Å²) >= 11 is 0. The highest BCUT2D eigenvalue weighted by atomic mass is 16.4. The molecular weight excluding hydrogens is 166 g/mol. The van der Waals surface area contributed by atoms with Gasteiger partial charge in [0.1, 0.15) is 0 Å². The van der Waals surface area contributed by atoms with Gasteiger partial charge < -0.3 is 10.8 Å². The second-order valence-corrected chi connectivity index (χ2v) is 2.71. The van der Waals surface area contributed by atoms with E-state index in [0.717, 1.165) is 5.56 Å². The van der Waals surface area contributed by atoms with Gasteiger partial charge in [-0.2, -0.15) is 0 Å². The lowest BCUT2D eigenvalue weighted by Crippen LogP contribution is -2.00. The third-order valence-corrected chi connectivity index (χ3v) is 1.76. The van der Waals surface area contributed by atoms with Crippen molar-refractivity contribution >= 4 is 11.7 Å². The van der Waals surface area contributed by atoms with E-state index in [1.54, 1.807) is 12.1 Å². The first kappa shape index (κ1) is 9.32. The average molecular weight is 177 g/mol. The van der Waals surface area contributed by atoms with Crippen LogP contribution in [-0.4, -0.2) is 11.1 Å². The van der Waals surface area contributed by atoms with Gasteiger partial charge in [0.25, 0.3) is 0 Å². The van der Waals surface area contributed by atoms with Crippen molar-refractivity contribution in [3.8, 4) is 0 Å². The van der Waals surface area contributed by atoms with Crippen molar-refractivity contribution < 1.29 is 9.90 Å². The number of carbonyl (C=O) groups is 1. The van der Waals surface area contributed by atoms with Crippen molar-refractivity contribution in [2.45, 2.75) is 6.42 Å². The quantitative estimate of drug-likeness (QED) is 0.545. The molecule has 0 saturated heterocycles. The number of nitrogen functional groups attached to an aromatic ring is 1. The van der Waals surface area contributed by atoms with Crippen LogP contribution in [0, 0.1) is 0 Å². The van der Waals surface area contributed by atoms with Crippen LogP contribution in [0.2, 0.25) is 0 Å². The molecule has 1 rings (SSSR count). The number of benzene rings is 1. The van der Waals surface area contributed by atoms with Crippen molar-refractivity contribution in [1.82, 2.24) is 0 Å². The fourth-order valence-corrected chi connectivity index (χ4v) is 1.07. The minimum Gasteiger partial charge on any atom is -0.478 e. The number of aromatic carboxylic acids is 1. The van der Waals surface area contributed by atoms with E-state index in [9.17, 15) is 4.79 Å². The van der Waals surface area contributed by atoms with Crippen LogP contribution in [0.3, 0.4) is 0 Å². The zero-order valence-corrected chi connectivity index (χ0v) is 7.16. The summed E-state index contributed by atoms with van der Waals surface area (Å²) in [7, 11) is 0. The minimum absolute atomic E-state index is 0.213. The number of carboxylic acids is 1. The van der Waals surface area contributed by atoms with E-state index in [4.69, 9.17) is 10.8 Å². The molecule has 0 aromatic heterocycles. The van der Waals surface area contributed by atoms with Crippen LogP contribution in [0.25, 0.3) is 0 Å². The van der Waals surface area contributed by atoms with Gasteiger partial charge in [0.15, 0.2) is 0 Å². The first-order chi connectivity index (χ1) is 6.15. The molecule has 0 atom stereocenters. The Morgan fingerprint density at radius 3 is 2.77 bits per heavy atom. The van der Waals surface area contributed by atoms with E-state index >= 15 is 0 Å². The lowest BCUT2D eigenvalue weighted by Gasteiger charge is -2.03. The SMILES string of the molecule is C=CCc1ccc(C(=O)O)cc1N. The molecule has 0 fully saturated rings. The summed E-state index contributed by atoms with van der Waals surface area (Å²) in [5.74, 6) is -0.961. The van der Waals surface area contributed by atoms with Gasteiger partial charge in [-0.25, -0.2) is 4.79 Å². The largest absolute Gasteiger partial charge is 0.478 e. The van der Waals surface area contributed by atoms with Crippen LogP contribution < -0.4 is 5.73 Å². The van der Waals surface area contributed by atoms with Gasteiger partial charge in [0.2, 0.25) is 0 Å². The summed E-state index contributed by atoms with van der Waals surface area (Å²) in [5, 5.41) is 8.65. The number of nitrogens with two attached hydrogens (primary N) is 1. The normalized spacial score (nSPS) is 9.54. The summed E-state index contributed by atoms with van der Waals surface area (Å²) in [4.78, 5) is 10.5. The van der Waals surface area contributed by atoms with Gasteiger partial charge >= 0.3 is 5.97 Å². The number of hydrogen-bond donors (Lipinski definition) is 2. The lowest BCUT2D eigenvalue weighted by molar-refractivity contribution is 0.0697. The summed E-state index contributed by atoms with van der Waals surface area (Å²) < 4.78 is 0. The molecule has 1 aromatic carbocycles. The van der Waals surface area contributed by atoms with Gasteiger partial charge in [0, 0.05) is 5.69 Å². The molecule has 3 nitrogen and oxygen atoms in total. The molecule has 0 aliphatic rings. The molecule has 0 bridgehead atoms. The van der Waals surface area contributed by atoms with Crippen LogP contribution in [0.4, 0.5) is 5.69 Å². The molecule has 0 radical (unpaired) electrons. The average Bonchev–Trinajstić information content (AvgIpc) is 2.08. The number of carboxylic acid groups (broad SMARTS) is 1. The third kappa shape index (κ3) is 2.08. The molecule has 0 aliphatic carbocycles. The van der Waals surface area contributed by atoms with Crippen LogP contribution in [0.5, 0.6) is 0 Å². The highest BCUT2D eigenvalue weighted by Gasteiger charge is 2.04. The Morgan fingerprint density at radius 1 is 1.62 bits per heavy atom.